The smallest absolute Gasteiger partial charge is 0.333 e. The molecule has 0 spiro atoms. The fourth-order valence-electron chi connectivity index (χ4n) is 0.480. The molecule has 0 rings (SSSR count). The highest BCUT2D eigenvalue weighted by Gasteiger charge is 2.46. The van der Waals surface area contributed by atoms with Crippen molar-refractivity contribution in [2.45, 2.75) is 31.6 Å². The van der Waals surface area contributed by atoms with Gasteiger partial charge in [0.25, 0.3) is 0 Å². The Bertz CT molecular complexity index is 236. The molecule has 8 heteroatoms. The number of hydrogen-bond acceptors (Lipinski definition) is 3. The van der Waals surface area contributed by atoms with E-state index >= 15 is 0 Å². The number of halogens is 3. The molecular weight excluding hydrogens is 208 g/mol. The van der Waals surface area contributed by atoms with Crippen LogP contribution in [0.25, 0.3) is 0 Å². The van der Waals surface area contributed by atoms with Gasteiger partial charge in [0, 0.05) is 0 Å². The minimum atomic E-state index is -5.43. The van der Waals surface area contributed by atoms with Crippen LogP contribution in [0, 0.1) is 0 Å². The summed E-state index contributed by atoms with van der Waals surface area (Å²) < 4.78 is 58.9. The number of hydrogen-bond donors (Lipinski definition) is 0. The lowest BCUT2D eigenvalue weighted by molar-refractivity contribution is -0.0499. The number of alkyl halides is 3. The van der Waals surface area contributed by atoms with Crippen molar-refractivity contribution in [1.29, 1.82) is 0 Å². The third-order valence-corrected chi connectivity index (χ3v) is 2.11. The first-order valence-corrected chi connectivity index (χ1v) is 5.03. The molecule has 0 amide bonds. The summed E-state index contributed by atoms with van der Waals surface area (Å²) in [6.45, 7) is 1.83. The highest BCUT2D eigenvalue weighted by Crippen LogP contribution is 2.24. The molecule has 0 aliphatic heterocycles. The van der Waals surface area contributed by atoms with Crippen molar-refractivity contribution in [3.05, 3.63) is 0 Å². The second kappa shape index (κ2) is 4.85. The van der Waals surface area contributed by atoms with E-state index in [1.807, 2.05) is 6.92 Å². The predicted molar refractivity (Wildman–Crippen MR) is 41.5 cm³/mol. The first-order chi connectivity index (χ1) is 5.81. The SMILES string of the molecule is CCCC[B]OS(=O)(=O)C(F)(F)F. The highest BCUT2D eigenvalue weighted by atomic mass is 32.2. The average molecular weight is 217 g/mol. The van der Waals surface area contributed by atoms with E-state index < -0.39 is 15.6 Å². The lowest BCUT2D eigenvalue weighted by Gasteiger charge is -2.06. The van der Waals surface area contributed by atoms with Gasteiger partial charge in [0.2, 0.25) is 0 Å². The normalized spacial score (nSPS) is 12.9. The van der Waals surface area contributed by atoms with Gasteiger partial charge in [0.1, 0.15) is 0 Å². The molecule has 0 heterocycles. The first kappa shape index (κ1) is 12.8. The maximum Gasteiger partial charge on any atom is 0.521 e. The number of unbranched alkanes of at least 4 members (excludes halogenated alkanes) is 1. The molecule has 0 N–H and O–H groups in total. The van der Waals surface area contributed by atoms with Gasteiger partial charge in [-0.2, -0.15) is 21.6 Å². The van der Waals surface area contributed by atoms with Crippen LogP contribution in [0.1, 0.15) is 19.8 Å². The summed E-state index contributed by atoms with van der Waals surface area (Å²) in [5.74, 6) is 0. The Kier molecular flexibility index (Phi) is 4.76. The van der Waals surface area contributed by atoms with Gasteiger partial charge in [0.05, 0.1) is 0 Å². The Morgan fingerprint density at radius 2 is 1.92 bits per heavy atom. The Labute approximate surface area is 75.7 Å². The molecule has 0 bridgehead atoms. The van der Waals surface area contributed by atoms with Crippen molar-refractivity contribution < 1.29 is 25.7 Å². The summed E-state index contributed by atoms with van der Waals surface area (Å²) in [6, 6.07) is 0. The minimum Gasteiger partial charge on any atom is -0.333 e. The zero-order valence-corrected chi connectivity index (χ0v) is 7.78. The molecule has 1 radical (unpaired) electrons. The Balaban J connectivity index is 3.92. The van der Waals surface area contributed by atoms with Crippen molar-refractivity contribution in [1.82, 2.24) is 0 Å². The van der Waals surface area contributed by atoms with Crippen LogP contribution in [-0.4, -0.2) is 21.4 Å². The standard InChI is InChI=1S/C5H9BF3O3S/c1-2-3-4-6-12-13(10,11)5(7,8)9/h2-4H2,1H3. The van der Waals surface area contributed by atoms with Crippen LogP contribution in [0.4, 0.5) is 13.2 Å². The van der Waals surface area contributed by atoms with E-state index in [0.717, 1.165) is 6.42 Å². The van der Waals surface area contributed by atoms with E-state index in [1.165, 1.54) is 0 Å². The Morgan fingerprint density at radius 1 is 1.38 bits per heavy atom. The lowest BCUT2D eigenvalue weighted by Crippen LogP contribution is -2.26. The molecule has 0 saturated carbocycles. The number of rotatable bonds is 5. The van der Waals surface area contributed by atoms with Gasteiger partial charge in [0.15, 0.2) is 0 Å². The third-order valence-electron chi connectivity index (χ3n) is 1.15. The van der Waals surface area contributed by atoms with Gasteiger partial charge in [-0.05, 0) is 6.32 Å². The second-order valence-electron chi connectivity index (χ2n) is 2.30. The minimum absolute atomic E-state index is 0.186. The fraction of sp³-hybridized carbons (Fsp3) is 1.00. The maximum absolute atomic E-state index is 11.6. The van der Waals surface area contributed by atoms with Crippen LogP contribution >= 0.6 is 0 Å². The van der Waals surface area contributed by atoms with E-state index in [4.69, 9.17) is 0 Å². The molecule has 3 nitrogen and oxygen atoms in total. The molecule has 0 atom stereocenters. The summed E-state index contributed by atoms with van der Waals surface area (Å²) in [5.41, 5.74) is -5.34. The molecule has 0 aliphatic carbocycles. The zero-order valence-electron chi connectivity index (χ0n) is 6.97. The first-order valence-electron chi connectivity index (χ1n) is 3.62. The van der Waals surface area contributed by atoms with Gasteiger partial charge in [-0.15, -0.1) is 0 Å². The van der Waals surface area contributed by atoms with Crippen molar-refractivity contribution in [3.8, 4) is 0 Å². The van der Waals surface area contributed by atoms with Gasteiger partial charge in [-0.3, -0.25) is 0 Å². The van der Waals surface area contributed by atoms with Gasteiger partial charge < -0.3 is 4.10 Å². The summed E-state index contributed by atoms with van der Waals surface area (Å²) in [7, 11) is -4.77. The summed E-state index contributed by atoms with van der Waals surface area (Å²) in [5, 5.41) is 0. The zero-order chi connectivity index (χ0) is 10.5. The molecule has 13 heavy (non-hydrogen) atoms. The highest BCUT2D eigenvalue weighted by molar-refractivity contribution is 7.88. The predicted octanol–water partition coefficient (Wildman–Crippen LogP) is 1.69. The Morgan fingerprint density at radius 3 is 2.31 bits per heavy atom. The van der Waals surface area contributed by atoms with Crippen LogP contribution in [-0.2, 0) is 14.2 Å². The van der Waals surface area contributed by atoms with E-state index in [9.17, 15) is 21.6 Å². The van der Waals surface area contributed by atoms with Crippen molar-refractivity contribution >= 4 is 17.6 Å². The average Bonchev–Trinajstić information content (AvgIpc) is 1.96. The van der Waals surface area contributed by atoms with E-state index in [-0.39, 0.29) is 6.32 Å². The third kappa shape index (κ3) is 4.51. The summed E-state index contributed by atoms with van der Waals surface area (Å²) in [4.78, 5) is 0. The van der Waals surface area contributed by atoms with Gasteiger partial charge in [-0.25, -0.2) is 0 Å². The molecular formula is C5H9BF3O3S. The summed E-state index contributed by atoms with van der Waals surface area (Å²) >= 11 is 0. The van der Waals surface area contributed by atoms with E-state index in [2.05, 4.69) is 4.10 Å². The quantitative estimate of drug-likeness (QED) is 0.399. The Hall–Kier alpha value is -0.235. The van der Waals surface area contributed by atoms with E-state index in [0.29, 0.717) is 13.9 Å². The molecule has 77 valence electrons. The molecule has 0 aromatic carbocycles. The second-order valence-corrected chi connectivity index (χ2v) is 3.87. The fourth-order valence-corrected chi connectivity index (χ4v) is 0.864. The lowest BCUT2D eigenvalue weighted by atomic mass is 9.93. The largest absolute Gasteiger partial charge is 0.521 e. The topological polar surface area (TPSA) is 43.4 Å². The van der Waals surface area contributed by atoms with E-state index in [1.54, 1.807) is 0 Å². The molecule has 0 saturated heterocycles. The van der Waals surface area contributed by atoms with Gasteiger partial charge >= 0.3 is 23.1 Å². The van der Waals surface area contributed by atoms with Crippen LogP contribution < -0.4 is 0 Å². The molecule has 0 aliphatic rings. The summed E-state index contributed by atoms with van der Waals surface area (Å²) in [6.07, 6.45) is 1.53. The monoisotopic (exact) mass is 217 g/mol. The molecule has 0 aromatic rings. The van der Waals surface area contributed by atoms with Crippen molar-refractivity contribution in [2.75, 3.05) is 0 Å². The van der Waals surface area contributed by atoms with Crippen LogP contribution in [0.5, 0.6) is 0 Å². The van der Waals surface area contributed by atoms with Crippen molar-refractivity contribution in [2.24, 2.45) is 0 Å². The maximum atomic E-state index is 11.6. The van der Waals surface area contributed by atoms with Gasteiger partial charge in [-0.1, -0.05) is 19.8 Å². The van der Waals surface area contributed by atoms with Crippen LogP contribution in [0.2, 0.25) is 6.32 Å². The van der Waals surface area contributed by atoms with Crippen LogP contribution in [0.3, 0.4) is 0 Å². The molecule has 0 fully saturated rings. The van der Waals surface area contributed by atoms with Crippen LogP contribution in [0.15, 0.2) is 0 Å². The molecule has 0 unspecified atom stereocenters. The van der Waals surface area contributed by atoms with Crippen molar-refractivity contribution in [3.63, 3.8) is 0 Å². The molecule has 0 aromatic heterocycles.